The van der Waals surface area contributed by atoms with Crippen molar-refractivity contribution in [1.82, 2.24) is 0 Å². The van der Waals surface area contributed by atoms with Crippen LogP contribution in [0.4, 0.5) is 5.69 Å². The fourth-order valence-corrected chi connectivity index (χ4v) is 2.30. The molecule has 2 rings (SSSR count). The van der Waals surface area contributed by atoms with Crippen molar-refractivity contribution in [3.63, 3.8) is 0 Å². The van der Waals surface area contributed by atoms with Crippen LogP contribution in [0, 0.1) is 5.92 Å². The van der Waals surface area contributed by atoms with Crippen LogP contribution in [0.25, 0.3) is 0 Å². The van der Waals surface area contributed by atoms with Crippen LogP contribution in [-0.4, -0.2) is 24.3 Å². The third kappa shape index (κ3) is 2.36. The Kier molecular flexibility index (Phi) is 3.46. The first-order valence-corrected chi connectivity index (χ1v) is 5.92. The largest absolute Gasteiger partial charge is 0.393 e. The molecule has 0 aromatic heterocycles. The molecule has 1 saturated heterocycles. The smallest absolute Gasteiger partial charge is 0.0557 e. The Hall–Kier alpha value is -1.06. The van der Waals surface area contributed by atoms with Gasteiger partial charge < -0.3 is 15.7 Å². The lowest BCUT2D eigenvalue weighted by molar-refractivity contribution is 0.136. The fourth-order valence-electron chi connectivity index (χ4n) is 2.30. The minimum atomic E-state index is -0.206. The van der Waals surface area contributed by atoms with Gasteiger partial charge in [-0.25, -0.2) is 0 Å². The molecule has 0 bridgehead atoms. The highest BCUT2D eigenvalue weighted by Gasteiger charge is 2.25. The molecule has 16 heavy (non-hydrogen) atoms. The topological polar surface area (TPSA) is 49.5 Å². The molecule has 1 aliphatic heterocycles. The Morgan fingerprint density at radius 1 is 1.56 bits per heavy atom. The molecule has 0 aliphatic carbocycles. The van der Waals surface area contributed by atoms with Crippen LogP contribution in [0.5, 0.6) is 0 Å². The predicted molar refractivity (Wildman–Crippen MR) is 66.3 cm³/mol. The highest BCUT2D eigenvalue weighted by molar-refractivity contribution is 5.49. The highest BCUT2D eigenvalue weighted by Crippen LogP contribution is 2.26. The number of aliphatic hydroxyl groups is 1. The molecule has 1 aliphatic rings. The first-order valence-electron chi connectivity index (χ1n) is 5.92. The maximum atomic E-state index is 9.57. The van der Waals surface area contributed by atoms with E-state index < -0.39 is 0 Å². The Labute approximate surface area is 96.9 Å². The summed E-state index contributed by atoms with van der Waals surface area (Å²) in [5, 5.41) is 9.57. The molecule has 2 unspecified atom stereocenters. The van der Waals surface area contributed by atoms with E-state index in [1.165, 1.54) is 5.69 Å². The monoisotopic (exact) mass is 220 g/mol. The lowest BCUT2D eigenvalue weighted by atomic mass is 10.0. The van der Waals surface area contributed by atoms with Gasteiger partial charge in [0.25, 0.3) is 0 Å². The molecule has 1 heterocycles. The van der Waals surface area contributed by atoms with Gasteiger partial charge in [-0.1, -0.05) is 12.1 Å². The predicted octanol–water partition coefficient (Wildman–Crippen LogP) is 1.35. The van der Waals surface area contributed by atoms with Crippen LogP contribution in [0.2, 0.25) is 0 Å². The summed E-state index contributed by atoms with van der Waals surface area (Å²) in [4.78, 5) is 2.33. The van der Waals surface area contributed by atoms with E-state index in [2.05, 4.69) is 17.0 Å². The fraction of sp³-hybridized carbons (Fsp3) is 0.538. The van der Waals surface area contributed by atoms with E-state index in [1.54, 1.807) is 0 Å². The Balaban J connectivity index is 2.08. The first kappa shape index (κ1) is 11.4. The second-order valence-electron chi connectivity index (χ2n) is 4.61. The lowest BCUT2D eigenvalue weighted by Gasteiger charge is -2.20. The summed E-state index contributed by atoms with van der Waals surface area (Å²) in [5.74, 6) is 0.404. The van der Waals surface area contributed by atoms with Crippen LogP contribution in [0.1, 0.15) is 18.9 Å². The van der Waals surface area contributed by atoms with E-state index >= 15 is 0 Å². The van der Waals surface area contributed by atoms with Gasteiger partial charge in [0, 0.05) is 31.2 Å². The summed E-state index contributed by atoms with van der Waals surface area (Å²) in [7, 11) is 0. The van der Waals surface area contributed by atoms with Crippen molar-refractivity contribution in [2.75, 3.05) is 18.0 Å². The lowest BCUT2D eigenvalue weighted by Crippen LogP contribution is -2.23. The third-order valence-electron chi connectivity index (χ3n) is 3.42. The van der Waals surface area contributed by atoms with Crippen LogP contribution in [0.15, 0.2) is 24.3 Å². The normalized spacial score (nSPS) is 22.4. The number of benzene rings is 1. The third-order valence-corrected chi connectivity index (χ3v) is 3.42. The van der Waals surface area contributed by atoms with Crippen molar-refractivity contribution in [1.29, 1.82) is 0 Å². The molecule has 0 saturated carbocycles. The van der Waals surface area contributed by atoms with Gasteiger partial charge in [-0.05, 0) is 31.0 Å². The molecular formula is C13H20N2O. The van der Waals surface area contributed by atoms with Gasteiger partial charge in [0.05, 0.1) is 6.10 Å². The van der Waals surface area contributed by atoms with Crippen molar-refractivity contribution < 1.29 is 5.11 Å². The minimum absolute atomic E-state index is 0.206. The van der Waals surface area contributed by atoms with Gasteiger partial charge in [-0.2, -0.15) is 0 Å². The van der Waals surface area contributed by atoms with Crippen LogP contribution >= 0.6 is 0 Å². The molecule has 0 spiro atoms. The second-order valence-corrected chi connectivity index (χ2v) is 4.61. The van der Waals surface area contributed by atoms with Gasteiger partial charge in [-0.15, -0.1) is 0 Å². The van der Waals surface area contributed by atoms with Gasteiger partial charge in [-0.3, -0.25) is 0 Å². The van der Waals surface area contributed by atoms with Crippen LogP contribution < -0.4 is 10.6 Å². The van der Waals surface area contributed by atoms with E-state index in [1.807, 2.05) is 19.1 Å². The van der Waals surface area contributed by atoms with Gasteiger partial charge in [0.15, 0.2) is 0 Å². The summed E-state index contributed by atoms with van der Waals surface area (Å²) in [5.41, 5.74) is 8.03. The maximum Gasteiger partial charge on any atom is 0.0557 e. The average Bonchev–Trinajstić information content (AvgIpc) is 2.78. The van der Waals surface area contributed by atoms with Crippen molar-refractivity contribution in [3.8, 4) is 0 Å². The average molecular weight is 220 g/mol. The van der Waals surface area contributed by atoms with Crippen molar-refractivity contribution in [3.05, 3.63) is 29.8 Å². The number of nitrogens with zero attached hydrogens (tertiary/aromatic N) is 1. The van der Waals surface area contributed by atoms with Crippen molar-refractivity contribution >= 4 is 5.69 Å². The Morgan fingerprint density at radius 3 is 3.00 bits per heavy atom. The van der Waals surface area contributed by atoms with E-state index in [4.69, 9.17) is 5.73 Å². The molecule has 1 aromatic carbocycles. The molecular weight excluding hydrogens is 200 g/mol. The number of hydrogen-bond donors (Lipinski definition) is 2. The second kappa shape index (κ2) is 4.85. The number of rotatable bonds is 3. The van der Waals surface area contributed by atoms with Crippen molar-refractivity contribution in [2.24, 2.45) is 11.7 Å². The van der Waals surface area contributed by atoms with Gasteiger partial charge in [0.2, 0.25) is 0 Å². The number of anilines is 1. The molecule has 0 radical (unpaired) electrons. The molecule has 1 fully saturated rings. The summed E-state index contributed by atoms with van der Waals surface area (Å²) in [6, 6.07) is 8.35. The SMILES string of the molecule is CC(O)C1CCN(c2cccc(CN)c2)C1. The van der Waals surface area contributed by atoms with E-state index in [0.717, 1.165) is 25.1 Å². The quantitative estimate of drug-likeness (QED) is 0.808. The standard InChI is InChI=1S/C13H20N2O/c1-10(16)12-5-6-15(9-12)13-4-2-3-11(7-13)8-14/h2-4,7,10,12,16H,5-6,8-9,14H2,1H3. The summed E-state index contributed by atoms with van der Waals surface area (Å²) in [6.07, 6.45) is 0.868. The molecule has 3 nitrogen and oxygen atoms in total. The highest BCUT2D eigenvalue weighted by atomic mass is 16.3. The minimum Gasteiger partial charge on any atom is -0.393 e. The maximum absolute atomic E-state index is 9.57. The van der Waals surface area contributed by atoms with Gasteiger partial charge in [0.1, 0.15) is 0 Å². The summed E-state index contributed by atoms with van der Waals surface area (Å²) >= 11 is 0. The summed E-state index contributed by atoms with van der Waals surface area (Å²) < 4.78 is 0. The molecule has 0 amide bonds. The van der Waals surface area contributed by atoms with Crippen molar-refractivity contribution in [2.45, 2.75) is 26.0 Å². The van der Waals surface area contributed by atoms with E-state index in [0.29, 0.717) is 12.5 Å². The van der Waals surface area contributed by atoms with E-state index in [-0.39, 0.29) is 6.10 Å². The van der Waals surface area contributed by atoms with Crippen LogP contribution in [-0.2, 0) is 6.54 Å². The Morgan fingerprint density at radius 2 is 2.38 bits per heavy atom. The number of hydrogen-bond acceptors (Lipinski definition) is 3. The molecule has 3 N–H and O–H groups in total. The molecule has 88 valence electrons. The van der Waals surface area contributed by atoms with E-state index in [9.17, 15) is 5.11 Å². The Bertz CT molecular complexity index is 352. The first-order chi connectivity index (χ1) is 7.70. The number of nitrogens with two attached hydrogens (primary N) is 1. The zero-order chi connectivity index (χ0) is 11.5. The van der Waals surface area contributed by atoms with Crippen LogP contribution in [0.3, 0.4) is 0 Å². The number of aliphatic hydroxyl groups excluding tert-OH is 1. The zero-order valence-electron chi connectivity index (χ0n) is 9.76. The van der Waals surface area contributed by atoms with Gasteiger partial charge >= 0.3 is 0 Å². The molecule has 1 aromatic rings. The zero-order valence-corrected chi connectivity index (χ0v) is 9.76. The molecule has 3 heteroatoms. The summed E-state index contributed by atoms with van der Waals surface area (Å²) in [6.45, 7) is 4.45. The molecule has 2 atom stereocenters.